The van der Waals surface area contributed by atoms with Gasteiger partial charge < -0.3 is 4.74 Å². The number of ether oxygens (including phenoxy) is 1. The smallest absolute Gasteiger partial charge is 0.373 e. The molecule has 1 spiro atoms. The first-order chi connectivity index (χ1) is 31.8. The molecule has 2 atom stereocenters. The van der Waals surface area contributed by atoms with E-state index in [0.29, 0.717) is 11.5 Å². The van der Waals surface area contributed by atoms with E-state index in [-0.39, 0.29) is 17.5 Å². The van der Waals surface area contributed by atoms with Gasteiger partial charge >= 0.3 is 12.1 Å². The van der Waals surface area contributed by atoms with E-state index in [1.54, 1.807) is 147 Å². The average Bonchev–Trinajstić information content (AvgIpc) is 4.16. The van der Waals surface area contributed by atoms with Crippen LogP contribution in [0.4, 0.5) is 0 Å². The van der Waals surface area contributed by atoms with Crippen molar-refractivity contribution in [3.63, 3.8) is 0 Å². The lowest BCUT2D eigenvalue weighted by molar-refractivity contribution is -0.191. The summed E-state index contributed by atoms with van der Waals surface area (Å²) in [6.07, 6.45) is 7.73. The molecule has 4 heteroatoms. The molecule has 0 saturated carbocycles. The summed E-state index contributed by atoms with van der Waals surface area (Å²) < 4.78 is 5.21. The molecular weight excluding hydrogens is 797 g/mol. The lowest BCUT2D eigenvalue weighted by atomic mass is 9.56. The molecule has 0 radical (unpaired) electrons. The van der Waals surface area contributed by atoms with Crippen LogP contribution in [0.1, 0.15) is 96.9 Å². The van der Waals surface area contributed by atoms with Gasteiger partial charge in [-0.3, -0.25) is 0 Å². The van der Waals surface area contributed by atoms with Crippen LogP contribution in [0.3, 0.4) is 0 Å². The van der Waals surface area contributed by atoms with Gasteiger partial charge in [0.1, 0.15) is 0 Å². The number of aryl methyl sites for hydroxylation is 3. The first-order valence-corrected chi connectivity index (χ1v) is 23.6. The van der Waals surface area contributed by atoms with Gasteiger partial charge in [0.15, 0.2) is 0 Å². The summed E-state index contributed by atoms with van der Waals surface area (Å²) >= 11 is 0. The molecule has 14 aromatic rings. The highest BCUT2D eigenvalue weighted by molar-refractivity contribution is 6.65. The molecule has 306 valence electrons. The van der Waals surface area contributed by atoms with E-state index in [9.17, 15) is 4.79 Å². The zero-order chi connectivity index (χ0) is 43.0. The number of hydrogen-bond acceptors (Lipinski definition) is 4. The highest BCUT2D eigenvalue weighted by Crippen LogP contribution is 2.71. The van der Waals surface area contributed by atoms with Crippen molar-refractivity contribution in [1.82, 2.24) is 0 Å². The van der Waals surface area contributed by atoms with Gasteiger partial charge in [-0.15, -0.1) is 0 Å². The Kier molecular flexibility index (Phi) is 5.55. The molecule has 0 saturated heterocycles. The zero-order valence-corrected chi connectivity index (χ0v) is 36.5. The Morgan fingerprint density at radius 2 is 1.05 bits per heavy atom. The Morgan fingerprint density at radius 1 is 0.538 bits per heavy atom. The quantitative estimate of drug-likeness (QED) is 0.131. The third-order valence-corrected chi connectivity index (χ3v) is 18.4. The van der Waals surface area contributed by atoms with Crippen LogP contribution in [0.25, 0.3) is 118 Å². The van der Waals surface area contributed by atoms with Gasteiger partial charge in [0.25, 0.3) is 0 Å². The lowest BCUT2D eigenvalue weighted by Crippen LogP contribution is -2.42. The summed E-state index contributed by atoms with van der Waals surface area (Å²) in [6, 6.07) is 26.3. The highest BCUT2D eigenvalue weighted by atomic mass is 16.5. The third-order valence-electron chi connectivity index (χ3n) is 18.4. The number of rotatable bonds is 3. The standard InChI is InChI=1S/C49H22O2.C11H16.CO2/c1-51-48(50)15-2-3-16-13-49-14-24-10-22-8-19-5-18-6-21-7-20-9-23-11-25(26(49)12-17(16)4-15)34-39-30(23)29(20)36-31(21)35-27(18)28(19)37-32(22)38-33(24)47(49)46(34)45-43(38)41(37)40(35)42(36)44(39)45;1-4-10-7-6-9(3)8-11(10)5-2;2-1-3/h2-4,6-8,10-11,26H,5,9,12-14H2,1H3;6-8H,4-5H2,1-3H3;. The molecule has 0 bridgehead atoms. The van der Waals surface area contributed by atoms with Crippen LogP contribution < -0.4 is 0 Å². The molecule has 5 aliphatic rings. The van der Waals surface area contributed by atoms with Crippen molar-refractivity contribution in [1.29, 1.82) is 0 Å². The summed E-state index contributed by atoms with van der Waals surface area (Å²) in [5.41, 5.74) is 18.9. The minimum Gasteiger partial charge on any atom is -0.465 e. The second-order valence-electron chi connectivity index (χ2n) is 20.7. The monoisotopic (exact) mass is 834 g/mol. The fourth-order valence-electron chi connectivity index (χ4n) is 16.5. The molecule has 19 rings (SSSR count). The molecule has 0 aromatic heterocycles. The number of methoxy groups -OCH3 is 1. The highest BCUT2D eigenvalue weighted by Gasteiger charge is 2.55. The Bertz CT molecular complexity index is 4560. The first-order valence-electron chi connectivity index (χ1n) is 23.6. The number of hydrogen-bond donors (Lipinski definition) is 0. The number of fused-ring (bicyclic) bond motifs is 2. The van der Waals surface area contributed by atoms with Gasteiger partial charge in [-0.25, -0.2) is 4.79 Å². The average molecular weight is 835 g/mol. The Hall–Kier alpha value is -7.13. The lowest BCUT2D eigenvalue weighted by Gasteiger charge is -2.47. The number of benzene rings is 11. The molecule has 65 heavy (non-hydrogen) atoms. The number of esters is 1. The fourth-order valence-corrected chi connectivity index (χ4v) is 16.5. The zero-order valence-electron chi connectivity index (χ0n) is 36.5. The fraction of sp³-hybridized carbons (Fsp3) is 0.213. The molecular formula is C61H38O4. The van der Waals surface area contributed by atoms with Crippen LogP contribution in [0.5, 0.6) is 0 Å². The molecule has 0 N–H and O–H groups in total. The predicted octanol–water partition coefficient (Wildman–Crippen LogP) is 13.7. The van der Waals surface area contributed by atoms with Crippen molar-refractivity contribution < 1.29 is 19.1 Å². The summed E-state index contributed by atoms with van der Waals surface area (Å²) in [6.45, 7) is 6.58. The van der Waals surface area contributed by atoms with Gasteiger partial charge in [0.05, 0.1) is 12.7 Å². The summed E-state index contributed by atoms with van der Waals surface area (Å²) in [5, 5.41) is 34.7. The van der Waals surface area contributed by atoms with E-state index >= 15 is 0 Å². The van der Waals surface area contributed by atoms with Crippen LogP contribution in [0, 0.1) is 6.92 Å². The van der Waals surface area contributed by atoms with Crippen LogP contribution >= 0.6 is 0 Å². The van der Waals surface area contributed by atoms with E-state index in [1.807, 2.05) is 6.07 Å². The number of carbonyl (C=O) groups excluding carboxylic acids is 3. The van der Waals surface area contributed by atoms with Crippen molar-refractivity contribution in [2.24, 2.45) is 0 Å². The van der Waals surface area contributed by atoms with Gasteiger partial charge in [-0.2, -0.15) is 9.59 Å². The van der Waals surface area contributed by atoms with Gasteiger partial charge in [-0.1, -0.05) is 74.0 Å². The topological polar surface area (TPSA) is 60.4 Å². The van der Waals surface area contributed by atoms with Gasteiger partial charge in [0, 0.05) is 5.41 Å². The molecule has 0 amide bonds. The number of carbonyl (C=O) groups is 1. The minimum absolute atomic E-state index is 0.00357. The summed E-state index contributed by atoms with van der Waals surface area (Å²) in [7, 11) is 1.50. The van der Waals surface area contributed by atoms with Crippen LogP contribution in [-0.4, -0.2) is 19.2 Å². The maximum atomic E-state index is 12.8. The molecule has 0 heterocycles. The molecule has 2 unspecified atom stereocenters. The minimum atomic E-state index is -0.238. The molecule has 5 aliphatic carbocycles. The largest absolute Gasteiger partial charge is 0.465 e. The maximum absolute atomic E-state index is 12.8. The van der Waals surface area contributed by atoms with E-state index < -0.39 is 0 Å². The maximum Gasteiger partial charge on any atom is 0.373 e. The predicted molar refractivity (Wildman–Crippen MR) is 262 cm³/mol. The van der Waals surface area contributed by atoms with Crippen molar-refractivity contribution in [2.45, 2.75) is 77.0 Å². The van der Waals surface area contributed by atoms with Crippen molar-refractivity contribution in [3.8, 4) is 0 Å². The van der Waals surface area contributed by atoms with Crippen molar-refractivity contribution >= 4 is 131 Å². The molecule has 0 aliphatic heterocycles. The normalized spacial score (nSPS) is 18.6. The molecule has 14 aromatic carbocycles. The Morgan fingerprint density at radius 3 is 1.63 bits per heavy atom. The van der Waals surface area contributed by atoms with E-state index in [4.69, 9.17) is 14.3 Å². The third kappa shape index (κ3) is 3.33. The summed E-state index contributed by atoms with van der Waals surface area (Å²) in [5.74, 6) is 0.124. The van der Waals surface area contributed by atoms with Gasteiger partial charge in [0.2, 0.25) is 0 Å². The van der Waals surface area contributed by atoms with Crippen LogP contribution in [0.2, 0.25) is 0 Å². The van der Waals surface area contributed by atoms with Crippen LogP contribution in [0.15, 0.2) is 66.7 Å². The van der Waals surface area contributed by atoms with Gasteiger partial charge in [-0.05, 0) is 250 Å². The van der Waals surface area contributed by atoms with E-state index in [0.717, 1.165) is 44.9 Å². The van der Waals surface area contributed by atoms with Crippen LogP contribution in [-0.2, 0) is 64.7 Å². The molecule has 4 nitrogen and oxygen atoms in total. The first kappa shape index (κ1) is 34.3. The Balaban J connectivity index is 0.000000229. The summed E-state index contributed by atoms with van der Waals surface area (Å²) in [4.78, 5) is 29.0. The van der Waals surface area contributed by atoms with E-state index in [2.05, 4.69) is 81.4 Å². The second-order valence-corrected chi connectivity index (χ2v) is 20.7. The van der Waals surface area contributed by atoms with E-state index in [1.165, 1.54) is 45.7 Å². The second kappa shape index (κ2) is 10.5. The Labute approximate surface area is 371 Å². The van der Waals surface area contributed by atoms with Crippen molar-refractivity contribution in [2.75, 3.05) is 7.11 Å². The van der Waals surface area contributed by atoms with Crippen molar-refractivity contribution in [3.05, 3.63) is 139 Å². The SMILES string of the molecule is CCc1ccc(C)cc1CC.COC(=O)c1ccc2c(c1)CC1c3cc4c5c6c(cc7cc8c9c%10c(cc%11cc%12c%13c(c%14c3c5c3c%14c5c%13c%11c%10c5c5c9c7c6c35)C1(C2)C%12)C8)C4.O=C=O. The molecule has 0 fully saturated rings.